The second kappa shape index (κ2) is 5.52. The van der Waals surface area contributed by atoms with Gasteiger partial charge in [0.15, 0.2) is 0 Å². The predicted molar refractivity (Wildman–Crippen MR) is 70.6 cm³/mol. The molecule has 0 N–H and O–H groups in total. The van der Waals surface area contributed by atoms with Crippen molar-refractivity contribution in [2.75, 3.05) is 0 Å². The molecule has 0 radical (unpaired) electrons. The van der Waals surface area contributed by atoms with Crippen molar-refractivity contribution in [3.05, 3.63) is 35.4 Å². The summed E-state index contributed by atoms with van der Waals surface area (Å²) < 4.78 is 0. The van der Waals surface area contributed by atoms with Crippen LogP contribution in [0.25, 0.3) is 0 Å². The van der Waals surface area contributed by atoms with Crippen LogP contribution in [-0.4, -0.2) is 0 Å². The normalized spacial score (nSPS) is 25.6. The topological polar surface area (TPSA) is 0 Å². The first kappa shape index (κ1) is 11.7. The van der Waals surface area contributed by atoms with E-state index in [-0.39, 0.29) is 0 Å². The lowest BCUT2D eigenvalue weighted by atomic mass is 9.80. The maximum absolute atomic E-state index is 2.41. The van der Waals surface area contributed by atoms with Crippen molar-refractivity contribution in [2.45, 2.75) is 52.4 Å². The van der Waals surface area contributed by atoms with Gasteiger partial charge in [-0.25, -0.2) is 0 Å². The van der Waals surface area contributed by atoms with Crippen LogP contribution in [0, 0.1) is 18.8 Å². The first-order valence-corrected chi connectivity index (χ1v) is 6.79. The van der Waals surface area contributed by atoms with Gasteiger partial charge in [-0.05, 0) is 43.6 Å². The molecule has 0 heteroatoms. The summed E-state index contributed by atoms with van der Waals surface area (Å²) in [6.45, 7) is 4.57. The molecule has 1 fully saturated rings. The molecule has 0 saturated heterocycles. The van der Waals surface area contributed by atoms with Gasteiger partial charge in [-0.15, -0.1) is 0 Å². The van der Waals surface area contributed by atoms with Crippen LogP contribution in [0.15, 0.2) is 24.3 Å². The molecule has 2 rings (SSSR count). The Hall–Kier alpha value is -0.780. The molecule has 0 nitrogen and oxygen atoms in total. The third kappa shape index (κ3) is 3.37. The van der Waals surface area contributed by atoms with Crippen molar-refractivity contribution >= 4 is 0 Å². The first-order chi connectivity index (χ1) is 7.74. The number of rotatable bonds is 3. The lowest BCUT2D eigenvalue weighted by Gasteiger charge is -2.26. The summed E-state index contributed by atoms with van der Waals surface area (Å²) in [5.41, 5.74) is 2.89. The molecule has 1 saturated carbocycles. The minimum atomic E-state index is 0.969. The zero-order chi connectivity index (χ0) is 11.4. The quantitative estimate of drug-likeness (QED) is 0.683. The zero-order valence-electron chi connectivity index (χ0n) is 10.7. The van der Waals surface area contributed by atoms with E-state index in [1.54, 1.807) is 0 Å². The van der Waals surface area contributed by atoms with Crippen LogP contribution >= 0.6 is 0 Å². The molecule has 1 aliphatic carbocycles. The van der Waals surface area contributed by atoms with Crippen LogP contribution in [0.1, 0.15) is 50.2 Å². The highest BCUT2D eigenvalue weighted by atomic mass is 14.2. The van der Waals surface area contributed by atoms with E-state index < -0.39 is 0 Å². The van der Waals surface area contributed by atoms with E-state index in [1.807, 2.05) is 0 Å². The highest BCUT2D eigenvalue weighted by Gasteiger charge is 2.18. The molecule has 0 aliphatic heterocycles. The molecule has 1 aromatic carbocycles. The minimum Gasteiger partial charge on any atom is -0.0625 e. The van der Waals surface area contributed by atoms with Crippen molar-refractivity contribution in [3.8, 4) is 0 Å². The average Bonchev–Trinajstić information content (AvgIpc) is 2.28. The van der Waals surface area contributed by atoms with Crippen LogP contribution in [0.5, 0.6) is 0 Å². The van der Waals surface area contributed by atoms with Gasteiger partial charge >= 0.3 is 0 Å². The summed E-state index contributed by atoms with van der Waals surface area (Å²) in [5.74, 6) is 1.96. The molecule has 0 aromatic heterocycles. The lowest BCUT2D eigenvalue weighted by molar-refractivity contribution is 0.270. The number of hydrogen-bond donors (Lipinski definition) is 0. The fourth-order valence-corrected chi connectivity index (χ4v) is 2.95. The summed E-state index contributed by atoms with van der Waals surface area (Å²) >= 11 is 0. The van der Waals surface area contributed by atoms with E-state index in [1.165, 1.54) is 49.7 Å². The molecule has 1 aromatic rings. The molecule has 16 heavy (non-hydrogen) atoms. The summed E-state index contributed by atoms with van der Waals surface area (Å²) in [6.07, 6.45) is 8.52. The highest BCUT2D eigenvalue weighted by Crippen LogP contribution is 2.31. The van der Waals surface area contributed by atoms with E-state index in [0.717, 1.165) is 11.8 Å². The third-order valence-corrected chi connectivity index (χ3v) is 4.01. The summed E-state index contributed by atoms with van der Waals surface area (Å²) in [7, 11) is 0. The van der Waals surface area contributed by atoms with E-state index >= 15 is 0 Å². The zero-order valence-corrected chi connectivity index (χ0v) is 10.7. The fraction of sp³-hybridized carbons (Fsp3) is 0.625. The van der Waals surface area contributed by atoms with Crippen LogP contribution in [0.4, 0.5) is 0 Å². The monoisotopic (exact) mass is 216 g/mol. The van der Waals surface area contributed by atoms with Crippen molar-refractivity contribution in [1.82, 2.24) is 0 Å². The maximum Gasteiger partial charge on any atom is -0.0276 e. The number of benzene rings is 1. The SMILES string of the molecule is Cc1ccc(CCC2CCCC(C)C2)cc1. The maximum atomic E-state index is 2.41. The second-order valence-electron chi connectivity index (χ2n) is 5.66. The Balaban J connectivity index is 1.80. The van der Waals surface area contributed by atoms with E-state index in [2.05, 4.69) is 38.1 Å². The van der Waals surface area contributed by atoms with Crippen LogP contribution in [-0.2, 0) is 6.42 Å². The van der Waals surface area contributed by atoms with Crippen molar-refractivity contribution in [3.63, 3.8) is 0 Å². The average molecular weight is 216 g/mol. The van der Waals surface area contributed by atoms with Crippen LogP contribution in [0.3, 0.4) is 0 Å². The van der Waals surface area contributed by atoms with E-state index in [4.69, 9.17) is 0 Å². The van der Waals surface area contributed by atoms with Crippen LogP contribution < -0.4 is 0 Å². The second-order valence-corrected chi connectivity index (χ2v) is 5.66. The molecule has 2 unspecified atom stereocenters. The molecule has 88 valence electrons. The Morgan fingerprint density at radius 1 is 1.12 bits per heavy atom. The molecular formula is C16H24. The van der Waals surface area contributed by atoms with Gasteiger partial charge in [0.2, 0.25) is 0 Å². The molecule has 2 atom stereocenters. The third-order valence-electron chi connectivity index (χ3n) is 4.01. The highest BCUT2D eigenvalue weighted by molar-refractivity contribution is 5.21. The molecule has 0 spiro atoms. The van der Waals surface area contributed by atoms with Gasteiger partial charge < -0.3 is 0 Å². The minimum absolute atomic E-state index is 0.969. The first-order valence-electron chi connectivity index (χ1n) is 6.79. The lowest BCUT2D eigenvalue weighted by Crippen LogP contribution is -2.13. The molecule has 0 amide bonds. The van der Waals surface area contributed by atoms with Gasteiger partial charge in [0.1, 0.15) is 0 Å². The van der Waals surface area contributed by atoms with Gasteiger partial charge in [0.25, 0.3) is 0 Å². The Morgan fingerprint density at radius 2 is 1.88 bits per heavy atom. The van der Waals surface area contributed by atoms with Gasteiger partial charge in [0.05, 0.1) is 0 Å². The van der Waals surface area contributed by atoms with Crippen molar-refractivity contribution < 1.29 is 0 Å². The van der Waals surface area contributed by atoms with Gasteiger partial charge in [-0.2, -0.15) is 0 Å². The molecule has 0 bridgehead atoms. The van der Waals surface area contributed by atoms with Gasteiger partial charge in [-0.3, -0.25) is 0 Å². The van der Waals surface area contributed by atoms with Gasteiger partial charge in [-0.1, -0.05) is 56.0 Å². The number of aryl methyl sites for hydroxylation is 2. The van der Waals surface area contributed by atoms with Crippen molar-refractivity contribution in [1.29, 1.82) is 0 Å². The molecule has 1 aliphatic rings. The van der Waals surface area contributed by atoms with E-state index in [9.17, 15) is 0 Å². The Labute approximate surface area is 100 Å². The smallest absolute Gasteiger partial charge is 0.0276 e. The Bertz CT molecular complexity index is 309. The summed E-state index contributed by atoms with van der Waals surface area (Å²) in [6, 6.07) is 9.06. The Kier molecular flexibility index (Phi) is 4.04. The summed E-state index contributed by atoms with van der Waals surface area (Å²) in [4.78, 5) is 0. The Morgan fingerprint density at radius 3 is 2.56 bits per heavy atom. The molecule has 0 heterocycles. The predicted octanol–water partition coefficient (Wildman–Crippen LogP) is 4.75. The number of hydrogen-bond acceptors (Lipinski definition) is 0. The van der Waals surface area contributed by atoms with Crippen LogP contribution in [0.2, 0.25) is 0 Å². The largest absolute Gasteiger partial charge is 0.0625 e. The van der Waals surface area contributed by atoms with Gasteiger partial charge in [0, 0.05) is 0 Å². The fourth-order valence-electron chi connectivity index (χ4n) is 2.95. The standard InChI is InChI=1S/C16H24/c1-13-6-8-15(9-7-13)10-11-16-5-3-4-14(2)12-16/h6-9,14,16H,3-5,10-12H2,1-2H3. The molecular weight excluding hydrogens is 192 g/mol. The van der Waals surface area contributed by atoms with E-state index in [0.29, 0.717) is 0 Å². The van der Waals surface area contributed by atoms with Crippen molar-refractivity contribution in [2.24, 2.45) is 11.8 Å². The summed E-state index contributed by atoms with van der Waals surface area (Å²) in [5, 5.41) is 0.